The van der Waals surface area contributed by atoms with Crippen LogP contribution in [-0.2, 0) is 0 Å². The molecule has 0 unspecified atom stereocenters. The second-order valence-corrected chi connectivity index (χ2v) is 2.62. The lowest BCUT2D eigenvalue weighted by Crippen LogP contribution is -2.32. The van der Waals surface area contributed by atoms with E-state index in [-0.39, 0.29) is 0 Å². The summed E-state index contributed by atoms with van der Waals surface area (Å²) >= 11 is 0. The maximum absolute atomic E-state index is 3.40. The lowest BCUT2D eigenvalue weighted by Gasteiger charge is -2.10. The predicted molar refractivity (Wildman–Crippen MR) is 46.3 cm³/mol. The van der Waals surface area contributed by atoms with Gasteiger partial charge in [-0.15, -0.1) is 0 Å². The first-order valence-electron chi connectivity index (χ1n) is 4.25. The summed E-state index contributed by atoms with van der Waals surface area (Å²) in [5.74, 6) is 0. The summed E-state index contributed by atoms with van der Waals surface area (Å²) in [6.07, 6.45) is 1.21. The fraction of sp³-hybridized carbons (Fsp3) is 1.00. The van der Waals surface area contributed by atoms with Crippen LogP contribution in [0.25, 0.3) is 0 Å². The van der Waals surface area contributed by atoms with Crippen LogP contribution >= 0.6 is 0 Å². The Kier molecular flexibility index (Phi) is 6.98. The smallest absolute Gasteiger partial charge is 0.00792 e. The summed E-state index contributed by atoms with van der Waals surface area (Å²) < 4.78 is 0. The summed E-state index contributed by atoms with van der Waals surface area (Å²) in [4.78, 5) is 0. The Morgan fingerprint density at radius 3 is 2.40 bits per heavy atom. The van der Waals surface area contributed by atoms with E-state index in [2.05, 4.69) is 31.4 Å². The molecule has 10 heavy (non-hydrogen) atoms. The van der Waals surface area contributed by atoms with Crippen molar-refractivity contribution in [3.05, 3.63) is 0 Å². The lowest BCUT2D eigenvalue weighted by atomic mass is 10.3. The van der Waals surface area contributed by atoms with Crippen LogP contribution in [0.3, 0.4) is 0 Å². The van der Waals surface area contributed by atoms with Gasteiger partial charge in [0.15, 0.2) is 0 Å². The SMILES string of the molecule is CCNCCN[C@H](C)CC. The zero-order valence-corrected chi connectivity index (χ0v) is 7.41. The monoisotopic (exact) mass is 144 g/mol. The normalized spacial score (nSPS) is 13.5. The Morgan fingerprint density at radius 1 is 1.20 bits per heavy atom. The van der Waals surface area contributed by atoms with Gasteiger partial charge in [-0.3, -0.25) is 0 Å². The topological polar surface area (TPSA) is 24.1 Å². The third kappa shape index (κ3) is 6.05. The van der Waals surface area contributed by atoms with Crippen LogP contribution in [0, 0.1) is 0 Å². The Hall–Kier alpha value is -0.0800. The molecule has 1 atom stereocenters. The number of hydrogen-bond acceptors (Lipinski definition) is 2. The third-order valence-electron chi connectivity index (χ3n) is 1.66. The second-order valence-electron chi connectivity index (χ2n) is 2.62. The Bertz CT molecular complexity index is 64.3. The minimum Gasteiger partial charge on any atom is -0.316 e. The number of rotatable bonds is 6. The molecule has 2 heteroatoms. The van der Waals surface area contributed by atoms with Crippen molar-refractivity contribution in [2.75, 3.05) is 19.6 Å². The molecule has 0 heterocycles. The van der Waals surface area contributed by atoms with Gasteiger partial charge < -0.3 is 10.6 Å². The average Bonchev–Trinajstić information content (AvgIpc) is 1.98. The molecule has 0 aromatic rings. The first-order chi connectivity index (χ1) is 4.81. The second kappa shape index (κ2) is 7.03. The fourth-order valence-electron chi connectivity index (χ4n) is 0.728. The van der Waals surface area contributed by atoms with E-state index in [1.165, 1.54) is 6.42 Å². The van der Waals surface area contributed by atoms with Gasteiger partial charge in [-0.25, -0.2) is 0 Å². The summed E-state index contributed by atoms with van der Waals surface area (Å²) in [6, 6.07) is 0.665. The highest BCUT2D eigenvalue weighted by atomic mass is 15.0. The molecule has 0 radical (unpaired) electrons. The summed E-state index contributed by atoms with van der Waals surface area (Å²) in [7, 11) is 0. The molecular weight excluding hydrogens is 124 g/mol. The van der Waals surface area contributed by atoms with E-state index in [0.717, 1.165) is 19.6 Å². The zero-order valence-electron chi connectivity index (χ0n) is 7.41. The molecule has 0 aromatic heterocycles. The molecule has 0 aliphatic heterocycles. The summed E-state index contributed by atoms with van der Waals surface area (Å²) in [6.45, 7) is 9.78. The molecule has 2 N–H and O–H groups in total. The van der Waals surface area contributed by atoms with Crippen molar-refractivity contribution < 1.29 is 0 Å². The average molecular weight is 144 g/mol. The lowest BCUT2D eigenvalue weighted by molar-refractivity contribution is 0.521. The zero-order chi connectivity index (χ0) is 7.82. The number of likely N-dealkylation sites (N-methyl/N-ethyl adjacent to an activating group) is 1. The minimum absolute atomic E-state index is 0.665. The highest BCUT2D eigenvalue weighted by Crippen LogP contribution is 1.84. The van der Waals surface area contributed by atoms with Crippen LogP contribution in [0.15, 0.2) is 0 Å². The van der Waals surface area contributed by atoms with Crippen LogP contribution in [-0.4, -0.2) is 25.7 Å². The largest absolute Gasteiger partial charge is 0.316 e. The van der Waals surface area contributed by atoms with Crippen molar-refractivity contribution in [2.24, 2.45) is 0 Å². The fourth-order valence-corrected chi connectivity index (χ4v) is 0.728. The third-order valence-corrected chi connectivity index (χ3v) is 1.66. The molecule has 0 rings (SSSR count). The van der Waals surface area contributed by atoms with E-state index >= 15 is 0 Å². The van der Waals surface area contributed by atoms with E-state index in [1.54, 1.807) is 0 Å². The van der Waals surface area contributed by atoms with E-state index in [9.17, 15) is 0 Å². The number of nitrogens with one attached hydrogen (secondary N) is 2. The summed E-state index contributed by atoms with van der Waals surface area (Å²) in [5, 5.41) is 6.67. The van der Waals surface area contributed by atoms with E-state index in [0.29, 0.717) is 6.04 Å². The molecule has 0 amide bonds. The van der Waals surface area contributed by atoms with Crippen molar-refractivity contribution in [1.29, 1.82) is 0 Å². The van der Waals surface area contributed by atoms with Crippen LogP contribution < -0.4 is 10.6 Å². The standard InChI is InChI=1S/C8H20N2/c1-4-8(3)10-7-6-9-5-2/h8-10H,4-7H2,1-3H3/t8-/m1/s1. The highest BCUT2D eigenvalue weighted by Gasteiger charge is 1.93. The van der Waals surface area contributed by atoms with Crippen LogP contribution in [0.5, 0.6) is 0 Å². The first kappa shape index (κ1) is 9.92. The quantitative estimate of drug-likeness (QED) is 0.543. The van der Waals surface area contributed by atoms with Gasteiger partial charge in [-0.1, -0.05) is 13.8 Å². The Balaban J connectivity index is 2.89. The Morgan fingerprint density at radius 2 is 1.90 bits per heavy atom. The first-order valence-corrected chi connectivity index (χ1v) is 4.25. The van der Waals surface area contributed by atoms with Gasteiger partial charge in [0.05, 0.1) is 0 Å². The highest BCUT2D eigenvalue weighted by molar-refractivity contribution is 4.57. The van der Waals surface area contributed by atoms with Crippen molar-refractivity contribution >= 4 is 0 Å². The molecule has 0 aliphatic rings. The van der Waals surface area contributed by atoms with Crippen molar-refractivity contribution in [2.45, 2.75) is 33.2 Å². The van der Waals surface area contributed by atoms with Gasteiger partial charge in [0, 0.05) is 19.1 Å². The maximum Gasteiger partial charge on any atom is 0.00792 e. The maximum atomic E-state index is 3.40. The molecule has 0 aliphatic carbocycles. The molecule has 0 aromatic carbocycles. The van der Waals surface area contributed by atoms with Crippen LogP contribution in [0.4, 0.5) is 0 Å². The predicted octanol–water partition coefficient (Wildman–Crippen LogP) is 0.984. The number of hydrogen-bond donors (Lipinski definition) is 2. The molecule has 0 fully saturated rings. The Labute approximate surface area is 64.4 Å². The molecule has 2 nitrogen and oxygen atoms in total. The van der Waals surface area contributed by atoms with Gasteiger partial charge in [0.2, 0.25) is 0 Å². The van der Waals surface area contributed by atoms with Crippen molar-refractivity contribution in [3.63, 3.8) is 0 Å². The van der Waals surface area contributed by atoms with E-state index < -0.39 is 0 Å². The van der Waals surface area contributed by atoms with Gasteiger partial charge in [0.1, 0.15) is 0 Å². The molecule has 0 bridgehead atoms. The van der Waals surface area contributed by atoms with Gasteiger partial charge in [-0.2, -0.15) is 0 Å². The minimum atomic E-state index is 0.665. The molecule has 0 saturated carbocycles. The summed E-state index contributed by atoms with van der Waals surface area (Å²) in [5.41, 5.74) is 0. The van der Waals surface area contributed by atoms with Crippen molar-refractivity contribution in [3.8, 4) is 0 Å². The van der Waals surface area contributed by atoms with E-state index in [4.69, 9.17) is 0 Å². The van der Waals surface area contributed by atoms with Crippen LogP contribution in [0.2, 0.25) is 0 Å². The van der Waals surface area contributed by atoms with Gasteiger partial charge >= 0.3 is 0 Å². The molecular formula is C8H20N2. The molecule has 0 spiro atoms. The molecule has 62 valence electrons. The van der Waals surface area contributed by atoms with Gasteiger partial charge in [0.25, 0.3) is 0 Å². The van der Waals surface area contributed by atoms with Crippen molar-refractivity contribution in [1.82, 2.24) is 10.6 Å². The molecule has 0 saturated heterocycles. The van der Waals surface area contributed by atoms with Crippen LogP contribution in [0.1, 0.15) is 27.2 Å². The van der Waals surface area contributed by atoms with Gasteiger partial charge in [-0.05, 0) is 19.9 Å². The van der Waals surface area contributed by atoms with E-state index in [1.807, 2.05) is 0 Å².